The molecule has 4 N–H and O–H groups in total. The van der Waals surface area contributed by atoms with Gasteiger partial charge in [0.15, 0.2) is 6.20 Å². The quantitative estimate of drug-likeness (QED) is 0.0911. The van der Waals surface area contributed by atoms with Crippen LogP contribution in [0.3, 0.4) is 0 Å². The first-order valence-corrected chi connectivity index (χ1v) is 23.2. The highest BCUT2D eigenvalue weighted by Crippen LogP contribution is 2.39. The molecule has 1 saturated carbocycles. The zero-order chi connectivity index (χ0) is 47.6. The largest absolute Gasteiger partial charge is 0.618 e. The maximum atomic E-state index is 14.5. The summed E-state index contributed by atoms with van der Waals surface area (Å²) in [5.41, 5.74) is 1.75. The number of allylic oxidation sites excluding steroid dienone is 3. The molecule has 362 valence electrons. The van der Waals surface area contributed by atoms with E-state index in [9.17, 15) is 44.8 Å². The molecule has 16 heteroatoms. The number of aromatic nitrogens is 1. The third-order valence-electron chi connectivity index (χ3n) is 14.2. The third-order valence-corrected chi connectivity index (χ3v) is 14.2. The summed E-state index contributed by atoms with van der Waals surface area (Å²) in [4.78, 5) is 58.7. The average molecular weight is 913 g/mol. The molecule has 0 aromatic carbocycles. The maximum absolute atomic E-state index is 14.5. The lowest BCUT2D eigenvalue weighted by atomic mass is 9.78. The number of piperidine rings is 1. The van der Waals surface area contributed by atoms with E-state index in [1.807, 2.05) is 19.1 Å². The number of cyclic esters (lactones) is 1. The Hall–Kier alpha value is -3.87. The van der Waals surface area contributed by atoms with Crippen molar-refractivity contribution < 1.29 is 68.0 Å². The van der Waals surface area contributed by atoms with Gasteiger partial charge in [-0.15, -0.1) is 0 Å². The Labute approximate surface area is 383 Å². The van der Waals surface area contributed by atoms with E-state index in [-0.39, 0.29) is 62.9 Å². The van der Waals surface area contributed by atoms with Crippen LogP contribution in [0, 0.1) is 34.8 Å². The second kappa shape index (κ2) is 23.7. The maximum Gasteiger partial charge on any atom is 0.329 e. The van der Waals surface area contributed by atoms with Gasteiger partial charge in [-0.3, -0.25) is 14.4 Å². The smallest absolute Gasteiger partial charge is 0.329 e. The Morgan fingerprint density at radius 3 is 2.37 bits per heavy atom. The summed E-state index contributed by atoms with van der Waals surface area (Å²) in [6, 6.07) is 3.80. The van der Waals surface area contributed by atoms with Crippen LogP contribution in [0.15, 0.2) is 53.8 Å². The first kappa shape index (κ1) is 52.1. The van der Waals surface area contributed by atoms with Crippen molar-refractivity contribution in [3.05, 3.63) is 64.7 Å². The Morgan fingerprint density at radius 1 is 0.969 bits per heavy atom. The number of fused-ring (bicyclic) bond motifs is 3. The van der Waals surface area contributed by atoms with Gasteiger partial charge in [-0.2, -0.15) is 4.73 Å². The second-order valence-electron chi connectivity index (χ2n) is 18.8. The van der Waals surface area contributed by atoms with Crippen molar-refractivity contribution in [2.24, 2.45) is 29.6 Å². The van der Waals surface area contributed by atoms with Crippen LogP contribution in [0.4, 0.5) is 0 Å². The molecule has 1 aromatic heterocycles. The van der Waals surface area contributed by atoms with Gasteiger partial charge in [0.05, 0.1) is 30.5 Å². The minimum Gasteiger partial charge on any atom is -0.618 e. The fraction of sp³-hybridized carbons (Fsp3) is 0.694. The van der Waals surface area contributed by atoms with Crippen LogP contribution in [0.5, 0.6) is 0 Å². The fourth-order valence-electron chi connectivity index (χ4n) is 10.1. The standard InChI is InChI=1S/C49H72N2O14/c1-29-21-34(13-12-15-36-14-8-11-20-51(36)60)41(55)27-40(54)32(4)44(30(2)23-33-17-18-39(53)35(25-33)28-52)64-48(58)38-16-9-10-19-50(38)47(57)46(56)49(59)31(3)24-42(62-6)45(65-49)43(63-7)26-37(22-29)61-5/h8,11-12,14-15,20-21,23,31-35,37-40,42-45,52-54,59H,9-10,13,16-19,22,24-28H2,1-7H3/b15-12+,29-21+,30-23+/t31-,32-,33+,34-,35+,37+,38+,39-,40+,42+,43+,44-,45+,49-/m1/s1. The molecule has 3 aliphatic heterocycles. The molecule has 0 spiro atoms. The highest BCUT2D eigenvalue weighted by atomic mass is 16.7. The zero-order valence-electron chi connectivity index (χ0n) is 39.1. The van der Waals surface area contributed by atoms with Gasteiger partial charge in [0.25, 0.3) is 11.7 Å². The molecule has 2 bridgehead atoms. The number of rotatable bonds is 9. The summed E-state index contributed by atoms with van der Waals surface area (Å²) in [5, 5.41) is 56.9. The number of aliphatic hydroxyl groups excluding tert-OH is 3. The van der Waals surface area contributed by atoms with E-state index in [4.69, 9.17) is 23.7 Å². The van der Waals surface area contributed by atoms with E-state index in [2.05, 4.69) is 0 Å². The first-order valence-electron chi connectivity index (χ1n) is 23.2. The molecule has 3 fully saturated rings. The van der Waals surface area contributed by atoms with Gasteiger partial charge in [0.1, 0.15) is 24.0 Å². The number of aliphatic hydroxyl groups is 4. The van der Waals surface area contributed by atoms with Crippen molar-refractivity contribution in [1.29, 1.82) is 0 Å². The number of ketones is 2. The number of ether oxygens (including phenoxy) is 5. The van der Waals surface area contributed by atoms with Gasteiger partial charge in [0.2, 0.25) is 11.5 Å². The van der Waals surface area contributed by atoms with E-state index < -0.39 is 90.0 Å². The van der Waals surface area contributed by atoms with Gasteiger partial charge >= 0.3 is 5.97 Å². The zero-order valence-corrected chi connectivity index (χ0v) is 39.1. The van der Waals surface area contributed by atoms with E-state index in [1.165, 1.54) is 27.5 Å². The molecule has 1 amide bonds. The summed E-state index contributed by atoms with van der Waals surface area (Å²) in [5.74, 6) is -8.93. The van der Waals surface area contributed by atoms with Crippen LogP contribution >= 0.6 is 0 Å². The topological polar surface area (TPSA) is 226 Å². The number of Topliss-reactive ketones (excluding diaryl/α,β-unsaturated/α-hetero) is 2. The molecule has 0 unspecified atom stereocenters. The molecule has 1 aromatic rings. The highest BCUT2D eigenvalue weighted by Gasteiger charge is 2.56. The molecule has 4 heterocycles. The molecule has 1 aliphatic carbocycles. The predicted octanol–water partition coefficient (Wildman–Crippen LogP) is 3.77. The minimum atomic E-state index is -2.59. The highest BCUT2D eigenvalue weighted by molar-refractivity contribution is 6.39. The lowest BCUT2D eigenvalue weighted by Gasteiger charge is -2.47. The van der Waals surface area contributed by atoms with E-state index >= 15 is 0 Å². The van der Waals surface area contributed by atoms with E-state index in [0.717, 1.165) is 15.2 Å². The molecule has 2 saturated heterocycles. The van der Waals surface area contributed by atoms with Gasteiger partial charge in [-0.05, 0) is 89.2 Å². The van der Waals surface area contributed by atoms with Crippen LogP contribution in [0.2, 0.25) is 0 Å². The number of methoxy groups -OCH3 is 3. The van der Waals surface area contributed by atoms with Crippen LogP contribution in [-0.4, -0.2) is 138 Å². The average Bonchev–Trinajstić information content (AvgIpc) is 3.29. The van der Waals surface area contributed by atoms with Crippen LogP contribution in [0.1, 0.15) is 104 Å². The summed E-state index contributed by atoms with van der Waals surface area (Å²) < 4.78 is 31.0. The Balaban J connectivity index is 1.57. The molecule has 14 atom stereocenters. The number of hydrogen-bond donors (Lipinski definition) is 4. The molecule has 65 heavy (non-hydrogen) atoms. The summed E-state index contributed by atoms with van der Waals surface area (Å²) >= 11 is 0. The molecule has 0 radical (unpaired) electrons. The predicted molar refractivity (Wildman–Crippen MR) is 238 cm³/mol. The van der Waals surface area contributed by atoms with Gasteiger partial charge in [-0.1, -0.05) is 37.6 Å². The van der Waals surface area contributed by atoms with Crippen LogP contribution in [-0.2, 0) is 42.9 Å². The Morgan fingerprint density at radius 2 is 1.69 bits per heavy atom. The summed E-state index contributed by atoms with van der Waals surface area (Å²) in [6.07, 6.45) is 5.82. The summed E-state index contributed by atoms with van der Waals surface area (Å²) in [7, 11) is 4.49. The Bertz CT molecular complexity index is 1890. The SMILES string of the molecule is CO[C@H]1C/C(C)=C/[C@@H](C/C=C/c2cccc[n+]2[O-])C(=O)C[C@H](O)[C@@H](C)[C@@H](/C(C)=C/[C@@H]2CC[C@@H](O)[C@H](CO)C2)OC(=O)[C@@H]2CCCCN2C(=O)C(=O)[C@]2(O)O[C@H]([C@@H](OC)C1)[C@@H](OC)C[C@H]2C. The number of esters is 1. The molecular weight excluding hydrogens is 841 g/mol. The van der Waals surface area contributed by atoms with Crippen LogP contribution in [0.25, 0.3) is 6.08 Å². The first-order chi connectivity index (χ1) is 30.9. The van der Waals surface area contributed by atoms with Gasteiger partial charge in [-0.25, -0.2) is 4.79 Å². The lowest BCUT2D eigenvalue weighted by molar-refractivity contribution is -0.607. The Kier molecular flexibility index (Phi) is 19.0. The van der Waals surface area contributed by atoms with Gasteiger partial charge in [0, 0.05) is 89.2 Å². The van der Waals surface area contributed by atoms with Crippen LogP contribution < -0.4 is 4.73 Å². The molecule has 4 aliphatic rings. The van der Waals surface area contributed by atoms with E-state index in [1.54, 1.807) is 51.1 Å². The molecule has 16 nitrogen and oxygen atoms in total. The van der Waals surface area contributed by atoms with Crippen molar-refractivity contribution in [3.63, 3.8) is 0 Å². The monoisotopic (exact) mass is 912 g/mol. The molecular formula is C49H72N2O14. The van der Waals surface area contributed by atoms with Gasteiger partial charge < -0.3 is 54.2 Å². The van der Waals surface area contributed by atoms with E-state index in [0.29, 0.717) is 49.8 Å². The summed E-state index contributed by atoms with van der Waals surface area (Å²) in [6.45, 7) is 6.75. The number of carbonyl (C=O) groups is 4. The second-order valence-corrected chi connectivity index (χ2v) is 18.8. The lowest BCUT2D eigenvalue weighted by Crippen LogP contribution is -2.64. The number of nitrogens with zero attached hydrogens (tertiary/aromatic N) is 2. The number of pyridine rings is 1. The van der Waals surface area contributed by atoms with Crippen molar-refractivity contribution in [2.45, 2.75) is 153 Å². The normalized spacial score (nSPS) is 37.5. The minimum absolute atomic E-state index is 0.0372. The van der Waals surface area contributed by atoms with Crippen molar-refractivity contribution >= 4 is 29.5 Å². The number of amides is 1. The third kappa shape index (κ3) is 12.8. The fourth-order valence-corrected chi connectivity index (χ4v) is 10.1. The van der Waals surface area contributed by atoms with Crippen molar-refractivity contribution in [1.82, 2.24) is 4.90 Å². The number of carbonyl (C=O) groups excluding carboxylic acids is 4. The van der Waals surface area contributed by atoms with Crippen molar-refractivity contribution in [2.75, 3.05) is 34.5 Å². The molecule has 5 rings (SSSR count). The van der Waals surface area contributed by atoms with Crippen molar-refractivity contribution in [3.8, 4) is 0 Å². The number of hydrogen-bond acceptors (Lipinski definition) is 14.